The summed E-state index contributed by atoms with van der Waals surface area (Å²) in [5.74, 6) is 3.29. The Balaban J connectivity index is 1.67. The Morgan fingerprint density at radius 1 is 1.04 bits per heavy atom. The molecule has 0 bridgehead atoms. The molecule has 3 fully saturated rings. The number of hydrogen-bond donors (Lipinski definition) is 0. The Morgan fingerprint density at radius 2 is 1.83 bits per heavy atom. The lowest BCUT2D eigenvalue weighted by Crippen LogP contribution is -2.51. The van der Waals surface area contributed by atoms with Gasteiger partial charge in [-0.05, 0) is 86.5 Å². The third-order valence-electron chi connectivity index (χ3n) is 8.45. The molecule has 0 aromatic carbocycles. The highest BCUT2D eigenvalue weighted by Gasteiger charge is 2.59. The monoisotopic (exact) mass is 314 g/mol. The van der Waals surface area contributed by atoms with E-state index in [1.54, 1.807) is 6.92 Å². The molecule has 2 nitrogen and oxygen atoms in total. The fraction of sp³-hybridized carbons (Fsp3) is 0.810. The Kier molecular flexibility index (Phi) is 3.42. The van der Waals surface area contributed by atoms with E-state index < -0.39 is 0 Å². The topological polar surface area (TPSA) is 34.1 Å². The molecule has 3 saturated carbocycles. The van der Waals surface area contributed by atoms with Crippen LogP contribution in [0.5, 0.6) is 0 Å². The van der Waals surface area contributed by atoms with Crippen LogP contribution in [-0.2, 0) is 9.59 Å². The zero-order valence-corrected chi connectivity index (χ0v) is 14.9. The van der Waals surface area contributed by atoms with E-state index in [4.69, 9.17) is 0 Å². The van der Waals surface area contributed by atoms with E-state index in [0.717, 1.165) is 43.4 Å². The van der Waals surface area contributed by atoms with Gasteiger partial charge in [-0.2, -0.15) is 0 Å². The number of hydrogen-bond acceptors (Lipinski definition) is 2. The van der Waals surface area contributed by atoms with Crippen molar-refractivity contribution in [1.82, 2.24) is 0 Å². The first-order valence-electron chi connectivity index (χ1n) is 9.60. The molecule has 4 aliphatic carbocycles. The van der Waals surface area contributed by atoms with Crippen molar-refractivity contribution in [2.45, 2.75) is 72.1 Å². The van der Waals surface area contributed by atoms with Crippen LogP contribution in [0.15, 0.2) is 11.6 Å². The average molecular weight is 314 g/mol. The molecule has 0 amide bonds. The van der Waals surface area contributed by atoms with Gasteiger partial charge in [-0.15, -0.1) is 0 Å². The maximum atomic E-state index is 12.1. The molecule has 126 valence electrons. The Bertz CT molecular complexity index is 589. The highest BCUT2D eigenvalue weighted by atomic mass is 16.1. The number of carbonyl (C=O) groups is 2. The highest BCUT2D eigenvalue weighted by molar-refractivity contribution is 5.91. The summed E-state index contributed by atoms with van der Waals surface area (Å²) in [5, 5.41) is 0. The fourth-order valence-electron chi connectivity index (χ4n) is 7.23. The average Bonchev–Trinajstić information content (AvgIpc) is 2.85. The molecule has 0 spiro atoms. The van der Waals surface area contributed by atoms with E-state index in [9.17, 15) is 9.59 Å². The van der Waals surface area contributed by atoms with Crippen molar-refractivity contribution in [3.05, 3.63) is 11.6 Å². The quantitative estimate of drug-likeness (QED) is 0.701. The van der Waals surface area contributed by atoms with Crippen molar-refractivity contribution >= 4 is 11.6 Å². The number of rotatable bonds is 1. The van der Waals surface area contributed by atoms with Crippen molar-refractivity contribution in [3.63, 3.8) is 0 Å². The lowest BCUT2D eigenvalue weighted by atomic mass is 9.47. The van der Waals surface area contributed by atoms with Crippen LogP contribution in [0.4, 0.5) is 0 Å². The van der Waals surface area contributed by atoms with Crippen molar-refractivity contribution in [3.8, 4) is 0 Å². The normalized spacial score (nSPS) is 49.0. The molecule has 0 aromatic heterocycles. The van der Waals surface area contributed by atoms with Crippen molar-refractivity contribution in [2.24, 2.45) is 34.5 Å². The summed E-state index contributed by atoms with van der Waals surface area (Å²) in [6.07, 6.45) is 10.9. The summed E-state index contributed by atoms with van der Waals surface area (Å²) in [4.78, 5) is 24.0. The van der Waals surface area contributed by atoms with E-state index in [0.29, 0.717) is 17.5 Å². The first-order chi connectivity index (χ1) is 10.9. The minimum atomic E-state index is 0.245. The van der Waals surface area contributed by atoms with Gasteiger partial charge in [0.15, 0.2) is 5.78 Å². The van der Waals surface area contributed by atoms with Gasteiger partial charge < -0.3 is 0 Å². The number of allylic oxidation sites excluding steroid dienone is 1. The number of ketones is 2. The van der Waals surface area contributed by atoms with Crippen LogP contribution < -0.4 is 0 Å². The van der Waals surface area contributed by atoms with E-state index in [-0.39, 0.29) is 10.8 Å². The van der Waals surface area contributed by atoms with Gasteiger partial charge >= 0.3 is 0 Å². The van der Waals surface area contributed by atoms with Crippen LogP contribution in [0, 0.1) is 34.5 Å². The van der Waals surface area contributed by atoms with Crippen LogP contribution >= 0.6 is 0 Å². The molecule has 23 heavy (non-hydrogen) atoms. The molecule has 4 aliphatic rings. The summed E-state index contributed by atoms with van der Waals surface area (Å²) in [7, 11) is 0. The van der Waals surface area contributed by atoms with E-state index in [1.807, 2.05) is 6.08 Å². The maximum Gasteiger partial charge on any atom is 0.155 e. The molecule has 0 aliphatic heterocycles. The maximum absolute atomic E-state index is 12.1. The van der Waals surface area contributed by atoms with Crippen LogP contribution in [0.1, 0.15) is 72.1 Å². The van der Waals surface area contributed by atoms with Crippen molar-refractivity contribution in [2.75, 3.05) is 0 Å². The Hall–Kier alpha value is -0.920. The number of fused-ring (bicyclic) bond motifs is 5. The van der Waals surface area contributed by atoms with Gasteiger partial charge in [-0.1, -0.05) is 19.4 Å². The second-order valence-corrected chi connectivity index (χ2v) is 9.25. The summed E-state index contributed by atoms with van der Waals surface area (Å²) in [5.41, 5.74) is 1.95. The zero-order valence-electron chi connectivity index (χ0n) is 14.9. The first kappa shape index (κ1) is 15.6. The molecule has 2 heteroatoms. The minimum absolute atomic E-state index is 0.245. The summed E-state index contributed by atoms with van der Waals surface area (Å²) in [6, 6.07) is 0. The molecule has 0 N–H and O–H groups in total. The lowest BCUT2D eigenvalue weighted by molar-refractivity contribution is -0.128. The Morgan fingerprint density at radius 3 is 2.57 bits per heavy atom. The SMILES string of the molecule is CC(=O)[C@H]1CC[C@@H]2[C@H]3CCC4=CC(=O)CC[C@]4(C)[C@H]3CC[C@]12C. The minimum Gasteiger partial charge on any atom is -0.300 e. The highest BCUT2D eigenvalue weighted by Crippen LogP contribution is 2.66. The molecule has 0 heterocycles. The number of Topliss-reactive ketones (excluding diaryl/α,β-unsaturated/α-hetero) is 1. The van der Waals surface area contributed by atoms with Gasteiger partial charge in [0, 0.05) is 12.3 Å². The summed E-state index contributed by atoms with van der Waals surface area (Å²) in [6.45, 7) is 6.65. The van der Waals surface area contributed by atoms with Gasteiger partial charge in [0.2, 0.25) is 0 Å². The van der Waals surface area contributed by atoms with E-state index >= 15 is 0 Å². The van der Waals surface area contributed by atoms with Gasteiger partial charge in [-0.25, -0.2) is 0 Å². The zero-order chi connectivity index (χ0) is 16.4. The molecule has 4 rings (SSSR count). The summed E-state index contributed by atoms with van der Waals surface area (Å²) < 4.78 is 0. The van der Waals surface area contributed by atoms with E-state index in [1.165, 1.54) is 31.3 Å². The van der Waals surface area contributed by atoms with E-state index in [2.05, 4.69) is 13.8 Å². The predicted octanol–water partition coefficient (Wildman–Crippen LogP) is 4.72. The molecular formula is C21H30O2. The molecule has 0 unspecified atom stereocenters. The van der Waals surface area contributed by atoms with Gasteiger partial charge in [0.05, 0.1) is 0 Å². The van der Waals surface area contributed by atoms with Crippen LogP contribution in [0.25, 0.3) is 0 Å². The van der Waals surface area contributed by atoms with Gasteiger partial charge in [-0.3, -0.25) is 9.59 Å². The molecule has 6 atom stereocenters. The standard InChI is InChI=1S/C21H30O2/c1-13(22)17-6-7-18-16-5-4-14-12-15(23)8-10-20(14,2)19(16)9-11-21(17,18)3/h12,16-19H,4-11H2,1-3H3/t16-,17-,18-,19+,20+,21-/m1/s1. The fourth-order valence-corrected chi connectivity index (χ4v) is 7.23. The first-order valence-corrected chi connectivity index (χ1v) is 9.60. The second-order valence-electron chi connectivity index (χ2n) is 9.25. The van der Waals surface area contributed by atoms with Crippen LogP contribution in [0.3, 0.4) is 0 Å². The smallest absolute Gasteiger partial charge is 0.155 e. The van der Waals surface area contributed by atoms with Crippen molar-refractivity contribution in [1.29, 1.82) is 0 Å². The Labute approximate surface area is 140 Å². The van der Waals surface area contributed by atoms with Gasteiger partial charge in [0.25, 0.3) is 0 Å². The predicted molar refractivity (Wildman–Crippen MR) is 90.9 cm³/mol. The van der Waals surface area contributed by atoms with Crippen LogP contribution in [0.2, 0.25) is 0 Å². The molecule has 0 aromatic rings. The largest absolute Gasteiger partial charge is 0.300 e. The molecule has 0 saturated heterocycles. The van der Waals surface area contributed by atoms with Crippen LogP contribution in [-0.4, -0.2) is 11.6 Å². The lowest BCUT2D eigenvalue weighted by Gasteiger charge is -2.58. The molecular weight excluding hydrogens is 284 g/mol. The van der Waals surface area contributed by atoms with Gasteiger partial charge in [0.1, 0.15) is 5.78 Å². The third-order valence-corrected chi connectivity index (χ3v) is 8.45. The second kappa shape index (κ2) is 5.04. The molecule has 0 radical (unpaired) electrons. The van der Waals surface area contributed by atoms with Crippen molar-refractivity contribution < 1.29 is 9.59 Å². The third kappa shape index (κ3) is 2.06. The summed E-state index contributed by atoms with van der Waals surface area (Å²) >= 11 is 0. The number of carbonyl (C=O) groups excluding carboxylic acids is 2.